The lowest BCUT2D eigenvalue weighted by atomic mass is 10.1. The summed E-state index contributed by atoms with van der Waals surface area (Å²) < 4.78 is 15.9. The number of nitrogens with zero attached hydrogens (tertiary/aromatic N) is 1. The molecule has 1 amide bonds. The van der Waals surface area contributed by atoms with Crippen molar-refractivity contribution in [2.45, 2.75) is 13.0 Å². The lowest BCUT2D eigenvalue weighted by molar-refractivity contribution is -0.127. The number of hydrogen-bond acceptors (Lipinski definition) is 6. The first-order valence-electron chi connectivity index (χ1n) is 8.95. The van der Waals surface area contributed by atoms with Gasteiger partial charge in [-0.2, -0.15) is 5.10 Å². The molecule has 150 valence electrons. The minimum absolute atomic E-state index is 0.103. The van der Waals surface area contributed by atoms with E-state index in [4.69, 9.17) is 14.2 Å². The highest BCUT2D eigenvalue weighted by atomic mass is 16.5. The predicted octanol–water partition coefficient (Wildman–Crippen LogP) is 3.48. The Bertz CT molecular complexity index is 1020. The number of aromatic hydroxyl groups is 1. The first kappa shape index (κ1) is 20.0. The molecule has 0 aliphatic heterocycles. The topological polar surface area (TPSA) is 89.4 Å². The molecule has 1 unspecified atom stereocenters. The van der Waals surface area contributed by atoms with E-state index in [1.807, 2.05) is 42.5 Å². The number of ether oxygens (including phenoxy) is 3. The maximum absolute atomic E-state index is 12.3. The zero-order valence-electron chi connectivity index (χ0n) is 16.4. The second-order valence-corrected chi connectivity index (χ2v) is 6.28. The molecule has 0 aliphatic carbocycles. The smallest absolute Gasteiger partial charge is 0.280 e. The Morgan fingerprint density at radius 3 is 2.34 bits per heavy atom. The first-order valence-corrected chi connectivity index (χ1v) is 8.95. The monoisotopic (exact) mass is 394 g/mol. The number of nitrogens with one attached hydrogen (secondary N) is 1. The van der Waals surface area contributed by atoms with Crippen LogP contribution in [-0.4, -0.2) is 37.6 Å². The minimum Gasteiger partial charge on any atom is -0.502 e. The lowest BCUT2D eigenvalue weighted by Gasteiger charge is -2.13. The summed E-state index contributed by atoms with van der Waals surface area (Å²) >= 11 is 0. The Morgan fingerprint density at radius 2 is 1.69 bits per heavy atom. The fraction of sp³-hybridized carbons (Fsp3) is 0.182. The zero-order chi connectivity index (χ0) is 20.8. The minimum atomic E-state index is -0.739. The van der Waals surface area contributed by atoms with Gasteiger partial charge in [0.1, 0.15) is 5.75 Å². The van der Waals surface area contributed by atoms with E-state index in [1.165, 1.54) is 20.4 Å². The van der Waals surface area contributed by atoms with Gasteiger partial charge >= 0.3 is 0 Å². The number of benzene rings is 3. The predicted molar refractivity (Wildman–Crippen MR) is 111 cm³/mol. The molecule has 0 heterocycles. The van der Waals surface area contributed by atoms with Gasteiger partial charge in [-0.1, -0.05) is 30.3 Å². The highest BCUT2D eigenvalue weighted by Gasteiger charge is 2.14. The average Bonchev–Trinajstić information content (AvgIpc) is 2.74. The van der Waals surface area contributed by atoms with Crippen LogP contribution in [0.1, 0.15) is 12.5 Å². The standard InChI is InChI=1S/C22H22N2O5/c1-14(29-18-9-8-16-6-4-5-7-17(16)12-18)22(26)24-23-13-15-10-19(27-2)21(25)20(11-15)28-3/h4-14,25H,1-3H3,(H,24,26)/b23-13+. The molecule has 0 aliphatic rings. The van der Waals surface area contributed by atoms with E-state index in [9.17, 15) is 9.90 Å². The van der Waals surface area contributed by atoms with Gasteiger partial charge in [0.05, 0.1) is 20.4 Å². The number of amides is 1. The molecule has 7 heteroatoms. The molecule has 0 aromatic heterocycles. The highest BCUT2D eigenvalue weighted by Crippen LogP contribution is 2.36. The zero-order valence-corrected chi connectivity index (χ0v) is 16.4. The van der Waals surface area contributed by atoms with Gasteiger partial charge in [-0.05, 0) is 42.0 Å². The molecule has 0 bridgehead atoms. The Kier molecular flexibility index (Phi) is 6.19. The Balaban J connectivity index is 1.63. The van der Waals surface area contributed by atoms with Gasteiger partial charge in [-0.25, -0.2) is 5.43 Å². The molecule has 0 fully saturated rings. The molecule has 1 atom stereocenters. The normalized spacial score (nSPS) is 12.0. The number of fused-ring (bicyclic) bond motifs is 1. The molecular weight excluding hydrogens is 372 g/mol. The van der Waals surface area contributed by atoms with E-state index < -0.39 is 12.0 Å². The highest BCUT2D eigenvalue weighted by molar-refractivity contribution is 5.86. The van der Waals surface area contributed by atoms with Gasteiger partial charge in [0.15, 0.2) is 17.6 Å². The van der Waals surface area contributed by atoms with Crippen LogP contribution in [0.5, 0.6) is 23.0 Å². The summed E-state index contributed by atoms with van der Waals surface area (Å²) in [5, 5.41) is 16.0. The maximum atomic E-state index is 12.3. The molecule has 0 saturated carbocycles. The molecule has 29 heavy (non-hydrogen) atoms. The summed E-state index contributed by atoms with van der Waals surface area (Å²) in [6, 6.07) is 16.7. The van der Waals surface area contributed by atoms with Crippen molar-refractivity contribution in [1.29, 1.82) is 0 Å². The molecule has 7 nitrogen and oxygen atoms in total. The molecule has 3 aromatic rings. The van der Waals surface area contributed by atoms with E-state index in [0.29, 0.717) is 11.3 Å². The maximum Gasteiger partial charge on any atom is 0.280 e. The van der Waals surface area contributed by atoms with Crippen LogP contribution < -0.4 is 19.6 Å². The van der Waals surface area contributed by atoms with Crippen molar-refractivity contribution < 1.29 is 24.1 Å². The summed E-state index contributed by atoms with van der Waals surface area (Å²) in [4.78, 5) is 12.3. The van der Waals surface area contributed by atoms with Gasteiger partial charge in [0, 0.05) is 5.56 Å². The lowest BCUT2D eigenvalue weighted by Crippen LogP contribution is -2.33. The largest absolute Gasteiger partial charge is 0.502 e. The third-order valence-electron chi connectivity index (χ3n) is 4.29. The van der Waals surface area contributed by atoms with Crippen LogP contribution in [0.25, 0.3) is 10.8 Å². The summed E-state index contributed by atoms with van der Waals surface area (Å²) in [5.74, 6) is 0.583. The number of methoxy groups -OCH3 is 2. The SMILES string of the molecule is COc1cc(/C=N/NC(=O)C(C)Oc2ccc3ccccc3c2)cc(OC)c1O. The van der Waals surface area contributed by atoms with Gasteiger partial charge in [0.25, 0.3) is 5.91 Å². The molecule has 3 rings (SSSR count). The van der Waals surface area contributed by atoms with Gasteiger partial charge in [-0.3, -0.25) is 4.79 Å². The van der Waals surface area contributed by atoms with Gasteiger partial charge < -0.3 is 19.3 Å². The van der Waals surface area contributed by atoms with E-state index >= 15 is 0 Å². The van der Waals surface area contributed by atoms with Crippen molar-refractivity contribution in [3.8, 4) is 23.0 Å². The third kappa shape index (κ3) is 4.76. The van der Waals surface area contributed by atoms with Gasteiger partial charge in [0.2, 0.25) is 5.75 Å². The first-order chi connectivity index (χ1) is 14.0. The van der Waals surface area contributed by atoms with E-state index in [-0.39, 0.29) is 17.2 Å². The second kappa shape index (κ2) is 8.97. The summed E-state index contributed by atoms with van der Waals surface area (Å²) in [6.45, 7) is 1.65. The third-order valence-corrected chi connectivity index (χ3v) is 4.29. The van der Waals surface area contributed by atoms with Crippen molar-refractivity contribution in [3.63, 3.8) is 0 Å². The molecule has 2 N–H and O–H groups in total. The van der Waals surface area contributed by atoms with Crippen LogP contribution >= 0.6 is 0 Å². The van der Waals surface area contributed by atoms with Crippen molar-refractivity contribution >= 4 is 22.9 Å². The van der Waals surface area contributed by atoms with Crippen molar-refractivity contribution in [3.05, 3.63) is 60.2 Å². The number of rotatable bonds is 7. The summed E-state index contributed by atoms with van der Waals surface area (Å²) in [5.41, 5.74) is 3.02. The van der Waals surface area contributed by atoms with Crippen LogP contribution in [0.3, 0.4) is 0 Å². The molecule has 0 spiro atoms. The van der Waals surface area contributed by atoms with Crippen LogP contribution in [0.15, 0.2) is 59.7 Å². The van der Waals surface area contributed by atoms with Crippen LogP contribution in [0.4, 0.5) is 0 Å². The number of carbonyl (C=O) groups is 1. The van der Waals surface area contributed by atoms with Crippen molar-refractivity contribution in [2.24, 2.45) is 5.10 Å². The van der Waals surface area contributed by atoms with Crippen LogP contribution in [-0.2, 0) is 4.79 Å². The second-order valence-electron chi connectivity index (χ2n) is 6.28. The average molecular weight is 394 g/mol. The number of hydrogen-bond donors (Lipinski definition) is 2. The Morgan fingerprint density at radius 1 is 1.03 bits per heavy atom. The molecule has 3 aromatic carbocycles. The van der Waals surface area contributed by atoms with Gasteiger partial charge in [-0.15, -0.1) is 0 Å². The number of phenolic OH excluding ortho intramolecular Hbond substituents is 1. The summed E-state index contributed by atoms with van der Waals surface area (Å²) in [6.07, 6.45) is 0.683. The fourth-order valence-corrected chi connectivity index (χ4v) is 2.75. The quantitative estimate of drug-likeness (QED) is 0.473. The van der Waals surface area contributed by atoms with E-state index in [1.54, 1.807) is 19.1 Å². The van der Waals surface area contributed by atoms with E-state index in [0.717, 1.165) is 10.8 Å². The number of phenols is 1. The number of hydrazone groups is 1. The Labute approximate surface area is 168 Å². The van der Waals surface area contributed by atoms with Crippen LogP contribution in [0, 0.1) is 0 Å². The number of carbonyl (C=O) groups excluding carboxylic acids is 1. The van der Waals surface area contributed by atoms with Crippen molar-refractivity contribution in [1.82, 2.24) is 5.43 Å². The molecule has 0 saturated heterocycles. The van der Waals surface area contributed by atoms with E-state index in [2.05, 4.69) is 10.5 Å². The molecule has 0 radical (unpaired) electrons. The molecular formula is C22H22N2O5. The fourth-order valence-electron chi connectivity index (χ4n) is 2.75. The Hall–Kier alpha value is -3.74. The summed E-state index contributed by atoms with van der Waals surface area (Å²) in [7, 11) is 2.87. The van der Waals surface area contributed by atoms with Crippen LogP contribution in [0.2, 0.25) is 0 Å². The van der Waals surface area contributed by atoms with Crippen molar-refractivity contribution in [2.75, 3.05) is 14.2 Å².